The van der Waals surface area contributed by atoms with Crippen molar-refractivity contribution in [3.05, 3.63) is 96.6 Å². The van der Waals surface area contributed by atoms with E-state index in [0.717, 1.165) is 18.2 Å². The fourth-order valence-electron chi connectivity index (χ4n) is 2.73. The van der Waals surface area contributed by atoms with Crippen LogP contribution in [-0.4, -0.2) is 27.8 Å². The van der Waals surface area contributed by atoms with Crippen LogP contribution in [0.15, 0.2) is 60.7 Å². The Kier molecular flexibility index (Phi) is 6.43. The van der Waals surface area contributed by atoms with E-state index in [-0.39, 0.29) is 34.2 Å². The molecule has 0 heterocycles. The lowest BCUT2D eigenvalue weighted by Crippen LogP contribution is -2.12. The van der Waals surface area contributed by atoms with Gasteiger partial charge in [-0.25, -0.2) is 0 Å². The minimum atomic E-state index is -0.782. The summed E-state index contributed by atoms with van der Waals surface area (Å²) in [6.45, 7) is 0. The number of nitrogens with one attached hydrogen (secondary N) is 1. The summed E-state index contributed by atoms with van der Waals surface area (Å²) in [5.41, 5.74) is -0.960. The van der Waals surface area contributed by atoms with E-state index in [2.05, 4.69) is 5.32 Å². The maximum atomic E-state index is 12.5. The highest BCUT2D eigenvalue weighted by Gasteiger charge is 2.18. The Morgan fingerprint density at radius 2 is 1.24 bits per heavy atom. The number of carbonyl (C=O) groups excluding carboxylic acids is 1. The zero-order valence-corrected chi connectivity index (χ0v) is 16.8. The van der Waals surface area contributed by atoms with Crippen LogP contribution >= 0.6 is 0 Å². The Labute approximate surface area is 184 Å². The van der Waals surface area contributed by atoms with Crippen LogP contribution in [0.3, 0.4) is 0 Å². The SMILES string of the molecule is COc1cc(NC(=O)c2ccc(Oc3cc([N+](=O)[O-])cc([N+](=O)[O-])c3)cc2)cc([N+](=O)[O-])c1. The Bertz CT molecular complexity index is 1230. The minimum absolute atomic E-state index is 0.128. The number of benzene rings is 3. The number of anilines is 1. The number of nitro benzene ring substituents is 3. The molecule has 0 aromatic heterocycles. The number of rotatable bonds is 8. The highest BCUT2D eigenvalue weighted by atomic mass is 16.6. The van der Waals surface area contributed by atoms with Crippen molar-refractivity contribution in [3.8, 4) is 17.2 Å². The van der Waals surface area contributed by atoms with E-state index in [1.807, 2.05) is 0 Å². The molecule has 0 unspecified atom stereocenters. The van der Waals surface area contributed by atoms with Crippen molar-refractivity contribution in [2.75, 3.05) is 12.4 Å². The van der Waals surface area contributed by atoms with Crippen LogP contribution in [0.2, 0.25) is 0 Å². The Morgan fingerprint density at radius 1 is 0.727 bits per heavy atom. The van der Waals surface area contributed by atoms with E-state index in [4.69, 9.17) is 9.47 Å². The molecule has 0 fully saturated rings. The van der Waals surface area contributed by atoms with Crippen LogP contribution in [0.25, 0.3) is 0 Å². The van der Waals surface area contributed by atoms with Gasteiger partial charge in [0, 0.05) is 17.7 Å². The molecule has 1 amide bonds. The summed E-state index contributed by atoms with van der Waals surface area (Å²) in [6, 6.07) is 12.2. The van der Waals surface area contributed by atoms with E-state index in [1.165, 1.54) is 49.6 Å². The summed E-state index contributed by atoms with van der Waals surface area (Å²) in [7, 11) is 1.33. The van der Waals surface area contributed by atoms with Gasteiger partial charge >= 0.3 is 0 Å². The van der Waals surface area contributed by atoms with Crippen molar-refractivity contribution in [1.29, 1.82) is 0 Å². The summed E-state index contributed by atoms with van der Waals surface area (Å²) < 4.78 is 10.4. The summed E-state index contributed by atoms with van der Waals surface area (Å²) >= 11 is 0. The molecular formula is C20H14N4O9. The van der Waals surface area contributed by atoms with Gasteiger partial charge in [0.15, 0.2) is 0 Å². The van der Waals surface area contributed by atoms with Crippen LogP contribution in [0.5, 0.6) is 17.2 Å². The second-order valence-electron chi connectivity index (χ2n) is 6.46. The molecule has 0 aliphatic heterocycles. The number of nitro groups is 3. The second-order valence-corrected chi connectivity index (χ2v) is 6.46. The van der Waals surface area contributed by atoms with E-state index < -0.39 is 32.1 Å². The van der Waals surface area contributed by atoms with E-state index in [0.29, 0.717) is 0 Å². The van der Waals surface area contributed by atoms with Gasteiger partial charge in [0.1, 0.15) is 17.2 Å². The first-order valence-electron chi connectivity index (χ1n) is 9.03. The van der Waals surface area contributed by atoms with E-state index in [1.54, 1.807) is 0 Å². The highest BCUT2D eigenvalue weighted by Crippen LogP contribution is 2.31. The number of ether oxygens (including phenoxy) is 2. The molecule has 13 heteroatoms. The van der Waals surface area contributed by atoms with Crippen molar-refractivity contribution >= 4 is 28.7 Å². The monoisotopic (exact) mass is 454 g/mol. The summed E-state index contributed by atoms with van der Waals surface area (Å²) in [4.78, 5) is 43.3. The maximum absolute atomic E-state index is 12.5. The molecule has 0 aliphatic rings. The van der Waals surface area contributed by atoms with Crippen LogP contribution in [-0.2, 0) is 0 Å². The van der Waals surface area contributed by atoms with Crippen LogP contribution < -0.4 is 14.8 Å². The molecule has 3 rings (SSSR count). The first-order chi connectivity index (χ1) is 15.7. The molecule has 0 bridgehead atoms. The molecule has 0 aliphatic carbocycles. The number of carbonyl (C=O) groups is 1. The van der Waals surface area contributed by atoms with Crippen molar-refractivity contribution in [1.82, 2.24) is 0 Å². The van der Waals surface area contributed by atoms with Gasteiger partial charge in [-0.2, -0.15) is 0 Å². The summed E-state index contributed by atoms with van der Waals surface area (Å²) in [5, 5.41) is 35.5. The van der Waals surface area contributed by atoms with Crippen molar-refractivity contribution in [2.24, 2.45) is 0 Å². The smallest absolute Gasteiger partial charge is 0.280 e. The van der Waals surface area contributed by atoms with Gasteiger partial charge in [-0.1, -0.05) is 0 Å². The van der Waals surface area contributed by atoms with Crippen molar-refractivity contribution in [2.45, 2.75) is 0 Å². The zero-order chi connectivity index (χ0) is 24.1. The fraction of sp³-hybridized carbons (Fsp3) is 0.0500. The number of non-ortho nitro benzene ring substituents is 3. The van der Waals surface area contributed by atoms with Crippen molar-refractivity contribution < 1.29 is 29.0 Å². The molecule has 13 nitrogen and oxygen atoms in total. The van der Waals surface area contributed by atoms with Crippen LogP contribution in [0.1, 0.15) is 10.4 Å². The number of methoxy groups -OCH3 is 1. The molecule has 33 heavy (non-hydrogen) atoms. The predicted octanol–water partition coefficient (Wildman–Crippen LogP) is 4.46. The van der Waals surface area contributed by atoms with Gasteiger partial charge < -0.3 is 14.8 Å². The average molecular weight is 454 g/mol. The van der Waals surface area contributed by atoms with Crippen LogP contribution in [0.4, 0.5) is 22.7 Å². The number of hydrogen-bond donors (Lipinski definition) is 1. The molecule has 0 saturated heterocycles. The molecule has 0 radical (unpaired) electrons. The lowest BCUT2D eigenvalue weighted by Gasteiger charge is -2.09. The third-order valence-corrected chi connectivity index (χ3v) is 4.25. The lowest BCUT2D eigenvalue weighted by atomic mass is 10.2. The summed E-state index contributed by atoms with van der Waals surface area (Å²) in [6.07, 6.45) is 0. The first-order valence-corrected chi connectivity index (χ1v) is 9.03. The number of hydrogen-bond acceptors (Lipinski definition) is 9. The van der Waals surface area contributed by atoms with Gasteiger partial charge in [0.05, 0.1) is 51.8 Å². The molecule has 1 N–H and O–H groups in total. The standard InChI is InChI=1S/C20H14N4O9/c1-32-18-7-13(6-14(9-18)22(26)27)21-20(25)12-2-4-17(5-3-12)33-19-10-15(23(28)29)8-16(11-19)24(30)31/h2-11H,1H3,(H,21,25). The lowest BCUT2D eigenvalue weighted by molar-refractivity contribution is -0.394. The molecule has 3 aromatic carbocycles. The number of amides is 1. The minimum Gasteiger partial charge on any atom is -0.496 e. The third kappa shape index (κ3) is 5.55. The first kappa shape index (κ1) is 22.6. The molecule has 0 atom stereocenters. The van der Waals surface area contributed by atoms with Crippen LogP contribution in [0, 0.1) is 30.3 Å². The largest absolute Gasteiger partial charge is 0.496 e. The molecule has 0 saturated carbocycles. The van der Waals surface area contributed by atoms with Gasteiger partial charge in [0.25, 0.3) is 23.0 Å². The Hall–Kier alpha value is -5.07. The zero-order valence-electron chi connectivity index (χ0n) is 16.8. The molecular weight excluding hydrogens is 440 g/mol. The normalized spacial score (nSPS) is 10.2. The fourth-order valence-corrected chi connectivity index (χ4v) is 2.73. The molecule has 3 aromatic rings. The van der Waals surface area contributed by atoms with Crippen molar-refractivity contribution in [3.63, 3.8) is 0 Å². The topological polar surface area (TPSA) is 177 Å². The third-order valence-electron chi connectivity index (χ3n) is 4.25. The quantitative estimate of drug-likeness (QED) is 0.380. The van der Waals surface area contributed by atoms with E-state index in [9.17, 15) is 35.1 Å². The molecule has 0 spiro atoms. The second kappa shape index (κ2) is 9.38. The Balaban J connectivity index is 1.78. The van der Waals surface area contributed by atoms with Gasteiger partial charge in [-0.05, 0) is 24.3 Å². The summed E-state index contributed by atoms with van der Waals surface area (Å²) in [5.74, 6) is -0.348. The average Bonchev–Trinajstić information content (AvgIpc) is 2.78. The van der Waals surface area contributed by atoms with Gasteiger partial charge in [-0.3, -0.25) is 35.1 Å². The molecule has 168 valence electrons. The van der Waals surface area contributed by atoms with Gasteiger partial charge in [-0.15, -0.1) is 0 Å². The van der Waals surface area contributed by atoms with E-state index >= 15 is 0 Å². The Morgan fingerprint density at radius 3 is 1.76 bits per heavy atom. The number of nitrogens with zero attached hydrogens (tertiary/aromatic N) is 3. The maximum Gasteiger partial charge on any atom is 0.280 e. The highest BCUT2D eigenvalue weighted by molar-refractivity contribution is 6.04. The predicted molar refractivity (Wildman–Crippen MR) is 114 cm³/mol. The van der Waals surface area contributed by atoms with Gasteiger partial charge in [0.2, 0.25) is 0 Å².